The zero-order valence-corrected chi connectivity index (χ0v) is 6.68. The molecule has 0 aliphatic heterocycles. The summed E-state index contributed by atoms with van der Waals surface area (Å²) in [5.41, 5.74) is 5.37. The maximum Gasteiger partial charge on any atom is 0.322 e. The van der Waals surface area contributed by atoms with Crippen molar-refractivity contribution in [3.8, 4) is 0 Å². The molecule has 0 spiro atoms. The van der Waals surface area contributed by atoms with Crippen molar-refractivity contribution in [2.45, 2.75) is 25.3 Å². The minimum atomic E-state index is -0.591. The zero-order valence-electron chi connectivity index (χ0n) is 6.68. The molecule has 0 saturated carbocycles. The molecular weight excluding hydrogens is 149 g/mol. The van der Waals surface area contributed by atoms with Crippen molar-refractivity contribution in [2.75, 3.05) is 13.8 Å². The average molecular weight is 163 g/mol. The van der Waals surface area contributed by atoms with Gasteiger partial charge in [0.25, 0.3) is 0 Å². The lowest BCUT2D eigenvalue weighted by Crippen LogP contribution is -2.31. The van der Waals surface area contributed by atoms with Crippen LogP contribution in [0, 0.1) is 0 Å². The molecule has 0 aliphatic carbocycles. The van der Waals surface area contributed by atoms with Gasteiger partial charge in [-0.1, -0.05) is 0 Å². The number of carbonyl (C=O) groups is 1. The van der Waals surface area contributed by atoms with E-state index in [1.165, 1.54) is 7.11 Å². The highest BCUT2D eigenvalue weighted by Crippen LogP contribution is 2.00. The number of hydrogen-bond donors (Lipinski definition) is 1. The Morgan fingerprint density at radius 2 is 2.27 bits per heavy atom. The molecule has 0 fully saturated rings. The lowest BCUT2D eigenvalue weighted by Gasteiger charge is -2.06. The van der Waals surface area contributed by atoms with E-state index in [1.54, 1.807) is 0 Å². The molecule has 0 rings (SSSR count). The molecule has 4 heteroatoms. The number of hydrogen-bond acceptors (Lipinski definition) is 3. The second-order valence-electron chi connectivity index (χ2n) is 2.31. The maximum atomic E-state index is 11.6. The second-order valence-corrected chi connectivity index (χ2v) is 2.31. The molecule has 0 aromatic carbocycles. The third-order valence-corrected chi connectivity index (χ3v) is 1.40. The Bertz CT molecular complexity index is 119. The van der Waals surface area contributed by atoms with E-state index in [9.17, 15) is 9.18 Å². The van der Waals surface area contributed by atoms with Crippen molar-refractivity contribution in [2.24, 2.45) is 5.73 Å². The van der Waals surface area contributed by atoms with Crippen LogP contribution in [0.3, 0.4) is 0 Å². The van der Waals surface area contributed by atoms with Gasteiger partial charge in [0.05, 0.1) is 13.8 Å². The van der Waals surface area contributed by atoms with E-state index in [0.29, 0.717) is 19.3 Å². The third-order valence-electron chi connectivity index (χ3n) is 1.40. The highest BCUT2D eigenvalue weighted by molar-refractivity contribution is 5.75. The molecule has 0 aliphatic rings. The van der Waals surface area contributed by atoms with E-state index in [2.05, 4.69) is 4.74 Å². The number of halogens is 1. The third kappa shape index (κ3) is 4.72. The van der Waals surface area contributed by atoms with Crippen molar-refractivity contribution < 1.29 is 13.9 Å². The van der Waals surface area contributed by atoms with E-state index < -0.39 is 12.0 Å². The normalized spacial score (nSPS) is 12.6. The molecule has 3 nitrogen and oxygen atoms in total. The van der Waals surface area contributed by atoms with E-state index in [0.717, 1.165) is 0 Å². The van der Waals surface area contributed by atoms with Gasteiger partial charge in [0.1, 0.15) is 6.04 Å². The van der Waals surface area contributed by atoms with Gasteiger partial charge in [-0.15, -0.1) is 0 Å². The standard InChI is InChI=1S/C7H14FNO2/c1-11-7(10)6(9)4-2-3-5-8/h6H,2-5,9H2,1H3. The summed E-state index contributed by atoms with van der Waals surface area (Å²) in [6.07, 6.45) is 1.59. The first kappa shape index (κ1) is 10.4. The molecule has 2 N–H and O–H groups in total. The lowest BCUT2D eigenvalue weighted by molar-refractivity contribution is -0.142. The Labute approximate surface area is 65.7 Å². The number of alkyl halides is 1. The largest absolute Gasteiger partial charge is 0.468 e. The quantitative estimate of drug-likeness (QED) is 0.477. The van der Waals surface area contributed by atoms with Gasteiger partial charge in [0, 0.05) is 0 Å². The second kappa shape index (κ2) is 6.09. The van der Waals surface area contributed by atoms with Gasteiger partial charge in [-0.05, 0) is 19.3 Å². The monoisotopic (exact) mass is 163 g/mol. The summed E-state index contributed by atoms with van der Waals surface area (Å²) in [4.78, 5) is 10.7. The minimum absolute atomic E-state index is 0.353. The van der Waals surface area contributed by atoms with Gasteiger partial charge in [0.2, 0.25) is 0 Å². The van der Waals surface area contributed by atoms with Crippen LogP contribution in [0.5, 0.6) is 0 Å². The molecule has 0 aromatic rings. The van der Waals surface area contributed by atoms with Crippen LogP contribution in [-0.2, 0) is 9.53 Å². The predicted octanol–water partition coefficient (Wildman–Crippen LogP) is 0.626. The number of unbranched alkanes of at least 4 members (excludes halogenated alkanes) is 1. The smallest absolute Gasteiger partial charge is 0.322 e. The number of carbonyl (C=O) groups excluding carboxylic acids is 1. The summed E-state index contributed by atoms with van der Waals surface area (Å²) in [5.74, 6) is -0.427. The fourth-order valence-corrected chi connectivity index (χ4v) is 0.728. The van der Waals surface area contributed by atoms with Crippen LogP contribution >= 0.6 is 0 Å². The van der Waals surface area contributed by atoms with E-state index in [1.807, 2.05) is 0 Å². The van der Waals surface area contributed by atoms with Gasteiger partial charge in [-0.2, -0.15) is 0 Å². The Kier molecular flexibility index (Phi) is 5.74. The highest BCUT2D eigenvalue weighted by atomic mass is 19.1. The molecule has 0 amide bonds. The summed E-state index contributed by atoms with van der Waals surface area (Å²) in [6, 6.07) is -0.591. The van der Waals surface area contributed by atoms with Gasteiger partial charge < -0.3 is 10.5 Å². The van der Waals surface area contributed by atoms with Crippen molar-refractivity contribution in [1.82, 2.24) is 0 Å². The number of nitrogens with two attached hydrogens (primary N) is 1. The minimum Gasteiger partial charge on any atom is -0.468 e. The van der Waals surface area contributed by atoms with Crippen molar-refractivity contribution in [1.29, 1.82) is 0 Å². The van der Waals surface area contributed by atoms with Gasteiger partial charge in [-0.25, -0.2) is 0 Å². The van der Waals surface area contributed by atoms with Crippen LogP contribution in [0.25, 0.3) is 0 Å². The first-order valence-corrected chi connectivity index (χ1v) is 3.61. The van der Waals surface area contributed by atoms with E-state index in [4.69, 9.17) is 5.73 Å². The fourth-order valence-electron chi connectivity index (χ4n) is 0.728. The molecule has 1 atom stereocenters. The summed E-state index contributed by atoms with van der Waals surface area (Å²) in [7, 11) is 1.29. The molecule has 66 valence electrons. The Morgan fingerprint density at radius 3 is 2.73 bits per heavy atom. The fraction of sp³-hybridized carbons (Fsp3) is 0.857. The molecule has 0 bridgehead atoms. The maximum absolute atomic E-state index is 11.6. The van der Waals surface area contributed by atoms with Gasteiger partial charge >= 0.3 is 5.97 Å². The molecule has 0 radical (unpaired) electrons. The molecule has 11 heavy (non-hydrogen) atoms. The van der Waals surface area contributed by atoms with E-state index in [-0.39, 0.29) is 6.67 Å². The Hall–Kier alpha value is -0.640. The summed E-state index contributed by atoms with van der Waals surface area (Å²) < 4.78 is 16.0. The lowest BCUT2D eigenvalue weighted by atomic mass is 10.1. The van der Waals surface area contributed by atoms with Gasteiger partial charge in [0.15, 0.2) is 0 Å². The number of esters is 1. The number of rotatable bonds is 5. The SMILES string of the molecule is COC(=O)C(N)CCCCF. The zero-order chi connectivity index (χ0) is 8.69. The topological polar surface area (TPSA) is 52.3 Å². The molecule has 0 saturated heterocycles. The predicted molar refractivity (Wildman–Crippen MR) is 39.8 cm³/mol. The highest BCUT2D eigenvalue weighted by Gasteiger charge is 2.11. The van der Waals surface area contributed by atoms with Crippen molar-refractivity contribution >= 4 is 5.97 Å². The molecule has 0 aromatic heterocycles. The van der Waals surface area contributed by atoms with Crippen LogP contribution < -0.4 is 5.73 Å². The van der Waals surface area contributed by atoms with Crippen molar-refractivity contribution in [3.05, 3.63) is 0 Å². The van der Waals surface area contributed by atoms with Crippen LogP contribution in [0.15, 0.2) is 0 Å². The van der Waals surface area contributed by atoms with E-state index >= 15 is 0 Å². The Morgan fingerprint density at radius 1 is 1.64 bits per heavy atom. The first-order valence-electron chi connectivity index (χ1n) is 3.61. The molecule has 1 unspecified atom stereocenters. The van der Waals surface area contributed by atoms with Crippen LogP contribution in [0.4, 0.5) is 4.39 Å². The van der Waals surface area contributed by atoms with Crippen LogP contribution in [0.1, 0.15) is 19.3 Å². The summed E-state index contributed by atoms with van der Waals surface area (Å²) in [6.45, 7) is -0.353. The van der Waals surface area contributed by atoms with Crippen molar-refractivity contribution in [3.63, 3.8) is 0 Å². The number of ether oxygens (including phenoxy) is 1. The molecule has 0 heterocycles. The number of methoxy groups -OCH3 is 1. The Balaban J connectivity index is 3.36. The van der Waals surface area contributed by atoms with Crippen LogP contribution in [-0.4, -0.2) is 25.8 Å². The first-order chi connectivity index (χ1) is 5.22. The average Bonchev–Trinajstić information content (AvgIpc) is 2.03. The van der Waals surface area contributed by atoms with Crippen LogP contribution in [0.2, 0.25) is 0 Å². The molecular formula is C7H14FNO2. The summed E-state index contributed by atoms with van der Waals surface area (Å²) >= 11 is 0. The summed E-state index contributed by atoms with van der Waals surface area (Å²) in [5, 5.41) is 0. The van der Waals surface area contributed by atoms with Gasteiger partial charge in [-0.3, -0.25) is 9.18 Å².